The van der Waals surface area contributed by atoms with Gasteiger partial charge in [0.15, 0.2) is 0 Å². The molecule has 2 rings (SSSR count). The van der Waals surface area contributed by atoms with Crippen LogP contribution in [0, 0.1) is 27.7 Å². The number of rotatable bonds is 3. The Kier molecular flexibility index (Phi) is 3.47. The van der Waals surface area contributed by atoms with E-state index in [1.165, 1.54) is 11.3 Å². The zero-order chi connectivity index (χ0) is 13.3. The lowest BCUT2D eigenvalue weighted by molar-refractivity contribution is 0.0946. The third kappa shape index (κ3) is 2.43. The molecule has 0 aromatic carbocycles. The Morgan fingerprint density at radius 2 is 2.06 bits per heavy atom. The van der Waals surface area contributed by atoms with Crippen LogP contribution in [0.4, 0.5) is 0 Å². The Labute approximate surface area is 110 Å². The lowest BCUT2D eigenvalue weighted by Crippen LogP contribution is -2.24. The molecule has 0 bridgehead atoms. The molecule has 0 aliphatic heterocycles. The molecule has 0 aliphatic rings. The summed E-state index contributed by atoms with van der Waals surface area (Å²) in [5, 5.41) is 10.8. The van der Waals surface area contributed by atoms with Gasteiger partial charge in [-0.2, -0.15) is 5.10 Å². The van der Waals surface area contributed by atoms with E-state index in [1.54, 1.807) is 0 Å². The SMILES string of the molecule is Cc1nc(C(=O)NCc2c(C)n[nH]c2C)c(C)s1. The average molecular weight is 264 g/mol. The second-order valence-electron chi connectivity index (χ2n) is 4.23. The van der Waals surface area contributed by atoms with Gasteiger partial charge in [0.05, 0.1) is 10.7 Å². The molecule has 2 heterocycles. The summed E-state index contributed by atoms with van der Waals surface area (Å²) in [6.45, 7) is 8.15. The number of amides is 1. The Morgan fingerprint density at radius 3 is 2.56 bits per heavy atom. The summed E-state index contributed by atoms with van der Waals surface area (Å²) in [5.74, 6) is -0.128. The molecule has 1 amide bonds. The van der Waals surface area contributed by atoms with Crippen LogP contribution in [0.2, 0.25) is 0 Å². The van der Waals surface area contributed by atoms with Crippen molar-refractivity contribution >= 4 is 17.2 Å². The molecule has 2 aromatic rings. The molecule has 2 aromatic heterocycles. The predicted octanol–water partition coefficient (Wildman–Crippen LogP) is 2.03. The highest BCUT2D eigenvalue weighted by Crippen LogP contribution is 2.16. The highest BCUT2D eigenvalue weighted by molar-refractivity contribution is 7.11. The molecule has 0 aliphatic carbocycles. The minimum atomic E-state index is -0.128. The predicted molar refractivity (Wildman–Crippen MR) is 70.8 cm³/mol. The van der Waals surface area contributed by atoms with E-state index < -0.39 is 0 Å². The van der Waals surface area contributed by atoms with E-state index in [9.17, 15) is 4.79 Å². The molecule has 0 spiro atoms. The van der Waals surface area contributed by atoms with Gasteiger partial charge in [0.25, 0.3) is 5.91 Å². The third-order valence-corrected chi connectivity index (χ3v) is 3.71. The largest absolute Gasteiger partial charge is 0.346 e. The number of H-pyrrole nitrogens is 1. The third-order valence-electron chi connectivity index (χ3n) is 2.83. The summed E-state index contributed by atoms with van der Waals surface area (Å²) in [5.41, 5.74) is 3.46. The van der Waals surface area contributed by atoms with Crippen molar-refractivity contribution < 1.29 is 4.79 Å². The first-order valence-electron chi connectivity index (χ1n) is 5.71. The van der Waals surface area contributed by atoms with Gasteiger partial charge in [0.1, 0.15) is 5.69 Å². The lowest BCUT2D eigenvalue weighted by atomic mass is 10.2. The van der Waals surface area contributed by atoms with Gasteiger partial charge in [0.2, 0.25) is 0 Å². The number of hydrogen-bond acceptors (Lipinski definition) is 4. The number of aromatic amines is 1. The van der Waals surface area contributed by atoms with Gasteiger partial charge in [-0.15, -0.1) is 11.3 Å². The molecule has 18 heavy (non-hydrogen) atoms. The molecular formula is C12H16N4OS. The topological polar surface area (TPSA) is 70.7 Å². The van der Waals surface area contributed by atoms with E-state index in [2.05, 4.69) is 20.5 Å². The van der Waals surface area contributed by atoms with Gasteiger partial charge in [0, 0.05) is 22.7 Å². The van der Waals surface area contributed by atoms with Crippen molar-refractivity contribution in [1.29, 1.82) is 0 Å². The number of aryl methyl sites for hydroxylation is 4. The average Bonchev–Trinajstić information content (AvgIpc) is 2.80. The Bertz CT molecular complexity index is 565. The van der Waals surface area contributed by atoms with Crippen LogP contribution in [-0.2, 0) is 6.54 Å². The summed E-state index contributed by atoms with van der Waals surface area (Å²) < 4.78 is 0. The van der Waals surface area contributed by atoms with Crippen molar-refractivity contribution in [3.63, 3.8) is 0 Å². The van der Waals surface area contributed by atoms with Gasteiger partial charge < -0.3 is 5.32 Å². The van der Waals surface area contributed by atoms with Gasteiger partial charge >= 0.3 is 0 Å². The molecule has 96 valence electrons. The van der Waals surface area contributed by atoms with Crippen molar-refractivity contribution in [3.05, 3.63) is 32.5 Å². The molecule has 0 radical (unpaired) electrons. The standard InChI is InChI=1S/C12H16N4OS/c1-6-10(7(2)16-15-6)5-13-12(17)11-8(3)18-9(4)14-11/h5H2,1-4H3,(H,13,17)(H,15,16). The van der Waals surface area contributed by atoms with Crippen LogP contribution in [0.5, 0.6) is 0 Å². The van der Waals surface area contributed by atoms with E-state index in [-0.39, 0.29) is 5.91 Å². The van der Waals surface area contributed by atoms with Crippen LogP contribution in [0.15, 0.2) is 0 Å². The van der Waals surface area contributed by atoms with Gasteiger partial charge in [-0.1, -0.05) is 0 Å². The maximum Gasteiger partial charge on any atom is 0.271 e. The number of carbonyl (C=O) groups excluding carboxylic acids is 1. The smallest absolute Gasteiger partial charge is 0.271 e. The first-order valence-corrected chi connectivity index (χ1v) is 6.53. The Hall–Kier alpha value is -1.69. The molecule has 0 fully saturated rings. The highest BCUT2D eigenvalue weighted by Gasteiger charge is 2.14. The molecule has 0 saturated carbocycles. The van der Waals surface area contributed by atoms with E-state index in [0.29, 0.717) is 12.2 Å². The first kappa shape index (κ1) is 12.8. The number of nitrogens with one attached hydrogen (secondary N) is 2. The van der Waals surface area contributed by atoms with Crippen LogP contribution < -0.4 is 5.32 Å². The number of thiazole rings is 1. The van der Waals surface area contributed by atoms with Gasteiger partial charge in [-0.25, -0.2) is 4.98 Å². The summed E-state index contributed by atoms with van der Waals surface area (Å²) in [6, 6.07) is 0. The molecular weight excluding hydrogens is 248 g/mol. The van der Waals surface area contributed by atoms with Crippen molar-refractivity contribution in [3.8, 4) is 0 Å². The molecule has 0 atom stereocenters. The summed E-state index contributed by atoms with van der Waals surface area (Å²) in [7, 11) is 0. The van der Waals surface area contributed by atoms with Gasteiger partial charge in [-0.3, -0.25) is 9.89 Å². The molecule has 5 nitrogen and oxygen atoms in total. The van der Waals surface area contributed by atoms with Crippen molar-refractivity contribution in [2.24, 2.45) is 0 Å². The first-order chi connectivity index (χ1) is 8.49. The van der Waals surface area contributed by atoms with Crippen LogP contribution in [0.1, 0.15) is 37.3 Å². The fraction of sp³-hybridized carbons (Fsp3) is 0.417. The normalized spacial score (nSPS) is 10.7. The molecule has 2 N–H and O–H groups in total. The summed E-state index contributed by atoms with van der Waals surface area (Å²) in [6.07, 6.45) is 0. The number of hydrogen-bond donors (Lipinski definition) is 2. The second-order valence-corrected chi connectivity index (χ2v) is 5.64. The number of carbonyl (C=O) groups is 1. The zero-order valence-corrected chi connectivity index (χ0v) is 11.7. The molecule has 0 saturated heterocycles. The van der Waals surface area contributed by atoms with E-state index >= 15 is 0 Å². The fourth-order valence-corrected chi connectivity index (χ4v) is 2.64. The molecule has 0 unspecified atom stereocenters. The second kappa shape index (κ2) is 4.89. The Balaban J connectivity index is 2.07. The summed E-state index contributed by atoms with van der Waals surface area (Å²) in [4.78, 5) is 17.2. The van der Waals surface area contributed by atoms with Crippen LogP contribution in [0.3, 0.4) is 0 Å². The van der Waals surface area contributed by atoms with Gasteiger partial charge in [-0.05, 0) is 27.7 Å². The zero-order valence-electron chi connectivity index (χ0n) is 10.9. The summed E-state index contributed by atoms with van der Waals surface area (Å²) >= 11 is 1.54. The van der Waals surface area contributed by atoms with Crippen LogP contribution in [0.25, 0.3) is 0 Å². The number of nitrogens with zero attached hydrogens (tertiary/aromatic N) is 2. The van der Waals surface area contributed by atoms with E-state index in [4.69, 9.17) is 0 Å². The maximum absolute atomic E-state index is 12.0. The van der Waals surface area contributed by atoms with E-state index in [0.717, 1.165) is 26.8 Å². The lowest BCUT2D eigenvalue weighted by Gasteiger charge is -2.04. The maximum atomic E-state index is 12.0. The quantitative estimate of drug-likeness (QED) is 0.891. The van der Waals surface area contributed by atoms with Crippen LogP contribution in [-0.4, -0.2) is 21.1 Å². The number of aromatic nitrogens is 3. The van der Waals surface area contributed by atoms with E-state index in [1.807, 2.05) is 27.7 Å². The van der Waals surface area contributed by atoms with Crippen molar-refractivity contribution in [1.82, 2.24) is 20.5 Å². The highest BCUT2D eigenvalue weighted by atomic mass is 32.1. The fourth-order valence-electron chi connectivity index (χ4n) is 1.83. The van der Waals surface area contributed by atoms with Crippen molar-refractivity contribution in [2.75, 3.05) is 0 Å². The molecule has 6 heteroatoms. The minimum absolute atomic E-state index is 0.128. The Morgan fingerprint density at radius 1 is 1.33 bits per heavy atom. The minimum Gasteiger partial charge on any atom is -0.346 e. The monoisotopic (exact) mass is 264 g/mol. The van der Waals surface area contributed by atoms with Crippen molar-refractivity contribution in [2.45, 2.75) is 34.2 Å². The van der Waals surface area contributed by atoms with Crippen LogP contribution >= 0.6 is 11.3 Å².